The van der Waals surface area contributed by atoms with Gasteiger partial charge in [-0.05, 0) is 61.5 Å². The van der Waals surface area contributed by atoms with Crippen LogP contribution >= 0.6 is 11.8 Å². The van der Waals surface area contributed by atoms with Crippen molar-refractivity contribution in [3.63, 3.8) is 0 Å². The van der Waals surface area contributed by atoms with Crippen LogP contribution < -0.4 is 4.74 Å². The molecule has 0 bridgehead atoms. The van der Waals surface area contributed by atoms with Crippen LogP contribution in [0.2, 0.25) is 0 Å². The second-order valence-electron chi connectivity index (χ2n) is 5.39. The standard InChI is InChI=1S/C20H20N2O2S/c1-3-22-19(23)18(14-15-10-12-17(13-11-15)24-4-2)25-20(22)21-16-8-6-5-7-9-16/h5-14H,3-4H2,1-2H3. The van der Waals surface area contributed by atoms with E-state index in [9.17, 15) is 4.79 Å². The van der Waals surface area contributed by atoms with Gasteiger partial charge in [-0.25, -0.2) is 4.99 Å². The van der Waals surface area contributed by atoms with Crippen molar-refractivity contribution in [3.8, 4) is 5.75 Å². The average Bonchev–Trinajstić information content (AvgIpc) is 2.92. The highest BCUT2D eigenvalue weighted by Crippen LogP contribution is 2.34. The Morgan fingerprint density at radius 3 is 2.44 bits per heavy atom. The molecule has 1 aliphatic rings. The highest BCUT2D eigenvalue weighted by molar-refractivity contribution is 8.18. The zero-order chi connectivity index (χ0) is 17.6. The van der Waals surface area contributed by atoms with E-state index in [1.165, 1.54) is 11.8 Å². The van der Waals surface area contributed by atoms with Gasteiger partial charge in [-0.1, -0.05) is 30.3 Å². The fraction of sp³-hybridized carbons (Fsp3) is 0.200. The third kappa shape index (κ3) is 4.12. The Morgan fingerprint density at radius 2 is 1.80 bits per heavy atom. The molecule has 1 heterocycles. The monoisotopic (exact) mass is 352 g/mol. The molecule has 2 aromatic rings. The molecule has 0 radical (unpaired) electrons. The second-order valence-corrected chi connectivity index (χ2v) is 6.40. The molecule has 3 rings (SSSR count). The lowest BCUT2D eigenvalue weighted by Crippen LogP contribution is -2.28. The molecule has 0 spiro atoms. The van der Waals surface area contributed by atoms with Crippen molar-refractivity contribution in [3.05, 3.63) is 65.1 Å². The molecule has 0 N–H and O–H groups in total. The Balaban J connectivity index is 1.85. The molecule has 0 aliphatic carbocycles. The van der Waals surface area contributed by atoms with Gasteiger partial charge in [0.05, 0.1) is 17.2 Å². The van der Waals surface area contributed by atoms with E-state index < -0.39 is 0 Å². The molecule has 128 valence electrons. The third-order valence-electron chi connectivity index (χ3n) is 3.67. The number of benzene rings is 2. The molecule has 0 unspecified atom stereocenters. The summed E-state index contributed by atoms with van der Waals surface area (Å²) < 4.78 is 5.45. The van der Waals surface area contributed by atoms with Gasteiger partial charge in [-0.2, -0.15) is 0 Å². The van der Waals surface area contributed by atoms with E-state index >= 15 is 0 Å². The molecule has 0 saturated carbocycles. The van der Waals surface area contributed by atoms with Crippen molar-refractivity contribution in [1.29, 1.82) is 0 Å². The number of carbonyl (C=O) groups excluding carboxylic acids is 1. The number of amidine groups is 1. The molecular formula is C20H20N2O2S. The van der Waals surface area contributed by atoms with Crippen molar-refractivity contribution < 1.29 is 9.53 Å². The molecule has 0 atom stereocenters. The summed E-state index contributed by atoms with van der Waals surface area (Å²) in [6.07, 6.45) is 1.90. The van der Waals surface area contributed by atoms with E-state index in [1.54, 1.807) is 4.90 Å². The second kappa shape index (κ2) is 8.03. The summed E-state index contributed by atoms with van der Waals surface area (Å²) in [5, 5.41) is 0.718. The first-order valence-electron chi connectivity index (χ1n) is 8.29. The van der Waals surface area contributed by atoms with Gasteiger partial charge < -0.3 is 4.74 Å². The van der Waals surface area contributed by atoms with Crippen LogP contribution in [0, 0.1) is 0 Å². The van der Waals surface area contributed by atoms with Crippen molar-refractivity contribution in [2.45, 2.75) is 13.8 Å². The van der Waals surface area contributed by atoms with E-state index in [0.717, 1.165) is 22.2 Å². The van der Waals surface area contributed by atoms with Gasteiger partial charge in [0.1, 0.15) is 5.75 Å². The molecule has 1 aliphatic heterocycles. The minimum Gasteiger partial charge on any atom is -0.494 e. The SMILES string of the molecule is CCOc1ccc(C=C2SC(=Nc3ccccc3)N(CC)C2=O)cc1. The summed E-state index contributed by atoms with van der Waals surface area (Å²) in [5.41, 5.74) is 1.81. The lowest BCUT2D eigenvalue weighted by atomic mass is 10.2. The van der Waals surface area contributed by atoms with Gasteiger partial charge in [0.15, 0.2) is 5.17 Å². The molecule has 25 heavy (non-hydrogen) atoms. The van der Waals surface area contributed by atoms with E-state index in [1.807, 2.05) is 74.5 Å². The van der Waals surface area contributed by atoms with E-state index in [0.29, 0.717) is 18.1 Å². The zero-order valence-electron chi connectivity index (χ0n) is 14.3. The lowest BCUT2D eigenvalue weighted by Gasteiger charge is -2.11. The van der Waals surface area contributed by atoms with Crippen LogP contribution in [0.25, 0.3) is 6.08 Å². The summed E-state index contributed by atoms with van der Waals surface area (Å²) >= 11 is 1.41. The van der Waals surface area contributed by atoms with E-state index in [2.05, 4.69) is 4.99 Å². The van der Waals surface area contributed by atoms with Crippen molar-refractivity contribution in [2.24, 2.45) is 4.99 Å². The van der Waals surface area contributed by atoms with Crippen LogP contribution in [0.4, 0.5) is 5.69 Å². The van der Waals surface area contributed by atoms with Gasteiger partial charge in [0.25, 0.3) is 5.91 Å². The zero-order valence-corrected chi connectivity index (χ0v) is 15.1. The molecule has 5 heteroatoms. The fourth-order valence-electron chi connectivity index (χ4n) is 2.46. The maximum absolute atomic E-state index is 12.6. The Bertz CT molecular complexity index is 798. The summed E-state index contributed by atoms with van der Waals surface area (Å²) in [6, 6.07) is 17.4. The Hall–Kier alpha value is -2.53. The van der Waals surface area contributed by atoms with Crippen LogP contribution in [-0.2, 0) is 4.79 Å². The Morgan fingerprint density at radius 1 is 1.08 bits per heavy atom. The number of ether oxygens (including phenoxy) is 1. The number of nitrogens with zero attached hydrogens (tertiary/aromatic N) is 2. The molecule has 1 saturated heterocycles. The maximum atomic E-state index is 12.6. The highest BCUT2D eigenvalue weighted by atomic mass is 32.2. The first kappa shape index (κ1) is 17.3. The van der Waals surface area contributed by atoms with Crippen LogP contribution in [-0.4, -0.2) is 29.1 Å². The van der Waals surface area contributed by atoms with Crippen molar-refractivity contribution in [2.75, 3.05) is 13.2 Å². The highest BCUT2D eigenvalue weighted by Gasteiger charge is 2.32. The first-order valence-corrected chi connectivity index (χ1v) is 9.11. The topological polar surface area (TPSA) is 41.9 Å². The van der Waals surface area contributed by atoms with Crippen LogP contribution in [0.3, 0.4) is 0 Å². The Labute approximate surface area is 152 Å². The fourth-order valence-corrected chi connectivity index (χ4v) is 3.52. The number of aliphatic imine (C=N–C) groups is 1. The van der Waals surface area contributed by atoms with Gasteiger partial charge in [0, 0.05) is 6.54 Å². The molecule has 1 fully saturated rings. The lowest BCUT2D eigenvalue weighted by molar-refractivity contribution is -0.122. The molecule has 0 aromatic heterocycles. The largest absolute Gasteiger partial charge is 0.494 e. The minimum atomic E-state index is -0.00364. The van der Waals surface area contributed by atoms with Gasteiger partial charge in [0.2, 0.25) is 0 Å². The average molecular weight is 352 g/mol. The number of rotatable bonds is 5. The normalized spacial score (nSPS) is 17.5. The summed E-state index contributed by atoms with van der Waals surface area (Å²) in [7, 11) is 0. The first-order chi connectivity index (χ1) is 12.2. The van der Waals surface area contributed by atoms with Crippen LogP contribution in [0.5, 0.6) is 5.75 Å². The van der Waals surface area contributed by atoms with Gasteiger partial charge in [-0.15, -0.1) is 0 Å². The quantitative estimate of drug-likeness (QED) is 0.732. The summed E-state index contributed by atoms with van der Waals surface area (Å²) in [5.74, 6) is 0.827. The number of likely N-dealkylation sites (N-methyl/N-ethyl adjacent to an activating group) is 1. The van der Waals surface area contributed by atoms with E-state index in [4.69, 9.17) is 4.74 Å². The van der Waals surface area contributed by atoms with E-state index in [-0.39, 0.29) is 5.91 Å². The van der Waals surface area contributed by atoms with Crippen molar-refractivity contribution >= 4 is 34.6 Å². The molecule has 4 nitrogen and oxygen atoms in total. The van der Waals surface area contributed by atoms with Gasteiger partial charge >= 0.3 is 0 Å². The predicted molar refractivity (Wildman–Crippen MR) is 104 cm³/mol. The molecular weight excluding hydrogens is 332 g/mol. The number of hydrogen-bond donors (Lipinski definition) is 0. The molecule has 2 aromatic carbocycles. The number of carbonyl (C=O) groups is 1. The number of para-hydroxylation sites is 1. The minimum absolute atomic E-state index is 0.00364. The summed E-state index contributed by atoms with van der Waals surface area (Å²) in [4.78, 5) is 19.6. The number of hydrogen-bond acceptors (Lipinski definition) is 4. The van der Waals surface area contributed by atoms with Crippen LogP contribution in [0.15, 0.2) is 64.5 Å². The smallest absolute Gasteiger partial charge is 0.266 e. The molecule has 1 amide bonds. The Kier molecular flexibility index (Phi) is 5.56. The van der Waals surface area contributed by atoms with Crippen LogP contribution in [0.1, 0.15) is 19.4 Å². The summed E-state index contributed by atoms with van der Waals surface area (Å²) in [6.45, 7) is 5.15. The number of thioether (sulfide) groups is 1. The maximum Gasteiger partial charge on any atom is 0.266 e. The van der Waals surface area contributed by atoms with Gasteiger partial charge in [-0.3, -0.25) is 9.69 Å². The third-order valence-corrected chi connectivity index (χ3v) is 4.68. The number of amides is 1. The predicted octanol–water partition coefficient (Wildman–Crippen LogP) is 4.71. The van der Waals surface area contributed by atoms with Crippen molar-refractivity contribution in [1.82, 2.24) is 4.90 Å².